The van der Waals surface area contributed by atoms with Crippen molar-refractivity contribution in [2.45, 2.75) is 69.5 Å². The number of hydrogen-bond donors (Lipinski definition) is 3. The van der Waals surface area contributed by atoms with Crippen molar-refractivity contribution in [3.8, 4) is 0 Å². The van der Waals surface area contributed by atoms with Crippen LogP contribution in [-0.2, 0) is 6.54 Å². The summed E-state index contributed by atoms with van der Waals surface area (Å²) in [6.45, 7) is 2.29. The highest BCUT2D eigenvalue weighted by Gasteiger charge is 2.51. The van der Waals surface area contributed by atoms with Crippen LogP contribution in [0.3, 0.4) is 0 Å². The van der Waals surface area contributed by atoms with Crippen LogP contribution in [0.5, 0.6) is 0 Å². The quantitative estimate of drug-likeness (QED) is 0.648. The molecule has 0 radical (unpaired) electrons. The van der Waals surface area contributed by atoms with Crippen LogP contribution in [0.2, 0.25) is 0 Å². The van der Waals surface area contributed by atoms with E-state index in [0.717, 1.165) is 74.2 Å². The summed E-state index contributed by atoms with van der Waals surface area (Å²) < 4.78 is 1.93. The number of pyridine rings is 1. The fourth-order valence-corrected chi connectivity index (χ4v) is 7.56. The summed E-state index contributed by atoms with van der Waals surface area (Å²) in [7, 11) is 0. The highest BCUT2D eigenvalue weighted by Crippen LogP contribution is 2.55. The molecular weight excluding hydrogens is 418 g/mol. The Kier molecular flexibility index (Phi) is 5.09. The van der Waals surface area contributed by atoms with Gasteiger partial charge in [0.1, 0.15) is 0 Å². The van der Waals surface area contributed by atoms with Crippen molar-refractivity contribution in [1.29, 1.82) is 0 Å². The summed E-state index contributed by atoms with van der Waals surface area (Å²) >= 11 is 0. The predicted octanol–water partition coefficient (Wildman–Crippen LogP) is 3.26. The zero-order valence-electron chi connectivity index (χ0n) is 19.0. The van der Waals surface area contributed by atoms with E-state index in [1.807, 2.05) is 28.8 Å². The zero-order chi connectivity index (χ0) is 22.6. The third-order valence-corrected chi connectivity index (χ3v) is 8.53. The summed E-state index contributed by atoms with van der Waals surface area (Å²) in [5, 5.41) is 15.0. The smallest absolute Gasteiger partial charge is 0.404 e. The Hall–Kier alpha value is -2.61. The molecule has 3 heterocycles. The minimum Gasteiger partial charge on any atom is -0.465 e. The molecule has 0 atom stereocenters. The van der Waals surface area contributed by atoms with Gasteiger partial charge in [0.15, 0.2) is 0 Å². The van der Waals surface area contributed by atoms with Crippen molar-refractivity contribution < 1.29 is 14.7 Å². The molecule has 5 fully saturated rings. The lowest BCUT2D eigenvalue weighted by molar-refractivity contribution is -0.0169. The number of hydrogen-bond acceptors (Lipinski definition) is 4. The number of rotatable bonds is 5. The van der Waals surface area contributed by atoms with Gasteiger partial charge in [0.2, 0.25) is 5.82 Å². The standard InChI is InChI=1S/C25H33N5O3/c31-23(28-25-12-16-9-17(13-25)11-18(10-16)14-25)22-27-20(21-3-1-2-6-30(21)22)15-29-7-4-19(5-8-29)26-24(32)33/h1-3,6,16-19,26H,4-5,7-15H2,(H,28,31)(H,32,33). The Bertz CT molecular complexity index is 1040. The molecule has 0 unspecified atom stereocenters. The maximum absolute atomic E-state index is 13.5. The van der Waals surface area contributed by atoms with Crippen LogP contribution in [-0.4, -0.2) is 56.1 Å². The van der Waals surface area contributed by atoms with Crippen molar-refractivity contribution in [1.82, 2.24) is 24.9 Å². The van der Waals surface area contributed by atoms with E-state index in [-0.39, 0.29) is 17.5 Å². The van der Waals surface area contributed by atoms with E-state index in [0.29, 0.717) is 12.4 Å². The van der Waals surface area contributed by atoms with Gasteiger partial charge in [-0.05, 0) is 81.3 Å². The summed E-state index contributed by atoms with van der Waals surface area (Å²) in [5.74, 6) is 2.78. The van der Waals surface area contributed by atoms with Gasteiger partial charge in [0, 0.05) is 37.4 Å². The summed E-state index contributed by atoms with van der Waals surface area (Å²) in [6.07, 6.45) is 9.99. The van der Waals surface area contributed by atoms with Gasteiger partial charge in [-0.25, -0.2) is 9.78 Å². The normalized spacial score (nSPS) is 31.7. The number of aromatic nitrogens is 2. The Morgan fingerprint density at radius 1 is 1.06 bits per heavy atom. The zero-order valence-corrected chi connectivity index (χ0v) is 19.0. The highest BCUT2D eigenvalue weighted by molar-refractivity contribution is 5.92. The predicted molar refractivity (Wildman–Crippen MR) is 123 cm³/mol. The Labute approximate surface area is 193 Å². The highest BCUT2D eigenvalue weighted by atomic mass is 16.4. The second kappa shape index (κ2) is 8.01. The number of likely N-dealkylation sites (tertiary alicyclic amines) is 1. The van der Waals surface area contributed by atoms with Crippen LogP contribution in [0.15, 0.2) is 24.4 Å². The lowest BCUT2D eigenvalue weighted by Crippen LogP contribution is -2.60. The average molecular weight is 452 g/mol. The molecule has 33 heavy (non-hydrogen) atoms. The first-order valence-corrected chi connectivity index (χ1v) is 12.5. The summed E-state index contributed by atoms with van der Waals surface area (Å²) in [4.78, 5) is 31.6. The van der Waals surface area contributed by atoms with E-state index < -0.39 is 6.09 Å². The molecule has 2 aromatic heterocycles. The van der Waals surface area contributed by atoms with Crippen molar-refractivity contribution in [3.05, 3.63) is 35.9 Å². The maximum Gasteiger partial charge on any atom is 0.404 e. The largest absolute Gasteiger partial charge is 0.465 e. The van der Waals surface area contributed by atoms with Crippen molar-refractivity contribution in [3.63, 3.8) is 0 Å². The van der Waals surface area contributed by atoms with Crippen LogP contribution in [0.25, 0.3) is 5.52 Å². The molecule has 2 aromatic rings. The van der Waals surface area contributed by atoms with Crippen LogP contribution in [0, 0.1) is 17.8 Å². The second-order valence-corrected chi connectivity index (χ2v) is 11.0. The first kappa shape index (κ1) is 21.0. The molecule has 1 saturated heterocycles. The van der Waals surface area contributed by atoms with Gasteiger partial charge in [-0.2, -0.15) is 0 Å². The first-order valence-electron chi connectivity index (χ1n) is 12.5. The van der Waals surface area contributed by atoms with Gasteiger partial charge in [-0.1, -0.05) is 6.07 Å². The van der Waals surface area contributed by atoms with Crippen LogP contribution in [0.4, 0.5) is 4.79 Å². The van der Waals surface area contributed by atoms with Crippen LogP contribution >= 0.6 is 0 Å². The van der Waals surface area contributed by atoms with E-state index in [4.69, 9.17) is 10.1 Å². The lowest BCUT2D eigenvalue weighted by atomic mass is 9.53. The number of amides is 2. The van der Waals surface area contributed by atoms with Crippen molar-refractivity contribution in [2.75, 3.05) is 13.1 Å². The van der Waals surface area contributed by atoms with Crippen molar-refractivity contribution in [2.24, 2.45) is 17.8 Å². The van der Waals surface area contributed by atoms with Gasteiger partial charge in [0.05, 0.1) is 11.2 Å². The van der Waals surface area contributed by atoms with E-state index in [1.54, 1.807) is 0 Å². The molecule has 2 amide bonds. The summed E-state index contributed by atoms with van der Waals surface area (Å²) in [5.41, 5.74) is 1.85. The molecule has 5 aliphatic rings. The fraction of sp³-hybridized carbons (Fsp3) is 0.640. The number of fused-ring (bicyclic) bond motifs is 1. The number of imidazole rings is 1. The number of carbonyl (C=O) groups excluding carboxylic acids is 1. The Morgan fingerprint density at radius 2 is 1.73 bits per heavy atom. The Balaban J connectivity index is 1.19. The third-order valence-electron chi connectivity index (χ3n) is 8.53. The van der Waals surface area contributed by atoms with Crippen LogP contribution < -0.4 is 10.6 Å². The minimum absolute atomic E-state index is 0.0131. The van der Waals surface area contributed by atoms with E-state index in [9.17, 15) is 9.59 Å². The Morgan fingerprint density at radius 3 is 2.36 bits per heavy atom. The maximum atomic E-state index is 13.5. The molecule has 176 valence electrons. The molecule has 8 heteroatoms. The molecule has 0 spiro atoms. The molecule has 3 N–H and O–H groups in total. The van der Waals surface area contributed by atoms with Gasteiger partial charge in [-0.3, -0.25) is 14.1 Å². The van der Waals surface area contributed by atoms with Crippen molar-refractivity contribution >= 4 is 17.5 Å². The number of nitrogens with one attached hydrogen (secondary N) is 2. The summed E-state index contributed by atoms with van der Waals surface area (Å²) in [6, 6.07) is 5.98. The lowest BCUT2D eigenvalue weighted by Gasteiger charge is -2.56. The molecule has 1 aliphatic heterocycles. The molecule has 4 saturated carbocycles. The van der Waals surface area contributed by atoms with Gasteiger partial charge < -0.3 is 15.7 Å². The van der Waals surface area contributed by atoms with E-state index >= 15 is 0 Å². The van der Waals surface area contributed by atoms with E-state index in [2.05, 4.69) is 15.5 Å². The minimum atomic E-state index is -0.955. The number of carboxylic acid groups (broad SMARTS) is 1. The number of carbonyl (C=O) groups is 2. The SMILES string of the molecule is O=C(O)NC1CCN(Cc2nc(C(=O)NC34CC5CC(CC(C5)C3)C4)n3ccccc23)CC1. The average Bonchev–Trinajstić information content (AvgIpc) is 3.12. The van der Waals surface area contributed by atoms with Gasteiger partial charge in [-0.15, -0.1) is 0 Å². The molecule has 4 aliphatic carbocycles. The van der Waals surface area contributed by atoms with E-state index in [1.165, 1.54) is 19.3 Å². The molecule has 8 nitrogen and oxygen atoms in total. The van der Waals surface area contributed by atoms with Crippen LogP contribution in [0.1, 0.15) is 67.7 Å². The first-order chi connectivity index (χ1) is 16.0. The van der Waals surface area contributed by atoms with Gasteiger partial charge in [0.25, 0.3) is 5.91 Å². The fourth-order valence-electron chi connectivity index (χ4n) is 7.56. The second-order valence-electron chi connectivity index (χ2n) is 11.0. The molecule has 0 aromatic carbocycles. The van der Waals surface area contributed by atoms with Gasteiger partial charge >= 0.3 is 6.09 Å². The molecule has 7 rings (SSSR count). The number of nitrogens with zero attached hydrogens (tertiary/aromatic N) is 3. The molecule has 4 bridgehead atoms. The number of piperidine rings is 1. The monoisotopic (exact) mass is 451 g/mol. The third kappa shape index (κ3) is 3.98. The topological polar surface area (TPSA) is 99.0 Å². The molecular formula is C25H33N5O3.